The normalized spacial score (nSPS) is 10.8. The van der Waals surface area contributed by atoms with E-state index in [4.69, 9.17) is 0 Å². The summed E-state index contributed by atoms with van der Waals surface area (Å²) >= 11 is 3.45. The molecule has 0 fully saturated rings. The zero-order chi connectivity index (χ0) is 13.0. The van der Waals surface area contributed by atoms with Gasteiger partial charge in [0.25, 0.3) is 0 Å². The Morgan fingerprint density at radius 3 is 3.00 bits per heavy atom. The van der Waals surface area contributed by atoms with E-state index in [9.17, 15) is 0 Å². The minimum Gasteiger partial charge on any atom is -0.370 e. The summed E-state index contributed by atoms with van der Waals surface area (Å²) in [6, 6.07) is 0. The summed E-state index contributed by atoms with van der Waals surface area (Å²) in [6.45, 7) is 5.21. The third-order valence-electron chi connectivity index (χ3n) is 2.64. The van der Waals surface area contributed by atoms with Gasteiger partial charge in [-0.05, 0) is 13.3 Å². The molecule has 2 rings (SSSR count). The standard InChI is InChI=1S/C12H18N4S2/c1-4-5-13-11-10(9(2)15-16(11)3)8-18-12-14-6-7-17-12/h6-7,13H,4-5,8H2,1-3H3. The molecule has 0 radical (unpaired) electrons. The lowest BCUT2D eigenvalue weighted by Gasteiger charge is -2.08. The summed E-state index contributed by atoms with van der Waals surface area (Å²) in [6.07, 6.45) is 2.96. The van der Waals surface area contributed by atoms with Gasteiger partial charge in [0.15, 0.2) is 0 Å². The van der Waals surface area contributed by atoms with Gasteiger partial charge in [0.2, 0.25) is 0 Å². The first-order valence-corrected chi connectivity index (χ1v) is 7.87. The molecular weight excluding hydrogens is 264 g/mol. The zero-order valence-corrected chi connectivity index (χ0v) is 12.6. The highest BCUT2D eigenvalue weighted by atomic mass is 32.2. The van der Waals surface area contributed by atoms with Gasteiger partial charge >= 0.3 is 0 Å². The largest absolute Gasteiger partial charge is 0.370 e. The van der Waals surface area contributed by atoms with E-state index in [0.29, 0.717) is 0 Å². The Morgan fingerprint density at radius 2 is 2.33 bits per heavy atom. The van der Waals surface area contributed by atoms with Crippen molar-refractivity contribution in [1.82, 2.24) is 14.8 Å². The molecule has 0 bridgehead atoms. The van der Waals surface area contributed by atoms with Gasteiger partial charge in [0.1, 0.15) is 10.2 Å². The first kappa shape index (κ1) is 13.4. The van der Waals surface area contributed by atoms with Crippen molar-refractivity contribution in [2.24, 2.45) is 7.05 Å². The summed E-state index contributed by atoms with van der Waals surface area (Å²) in [7, 11) is 1.99. The molecule has 2 aromatic rings. The lowest BCUT2D eigenvalue weighted by atomic mass is 10.2. The minimum atomic E-state index is 0.916. The molecule has 0 unspecified atom stereocenters. The van der Waals surface area contributed by atoms with Crippen LogP contribution in [0.25, 0.3) is 0 Å². The van der Waals surface area contributed by atoms with Crippen LogP contribution in [0.15, 0.2) is 15.9 Å². The molecule has 0 spiro atoms. The van der Waals surface area contributed by atoms with E-state index in [2.05, 4.69) is 29.2 Å². The first-order chi connectivity index (χ1) is 8.72. The summed E-state index contributed by atoms with van der Waals surface area (Å²) < 4.78 is 3.04. The maximum atomic E-state index is 4.49. The molecule has 4 nitrogen and oxygen atoms in total. The van der Waals surface area contributed by atoms with Gasteiger partial charge in [-0.1, -0.05) is 18.7 Å². The van der Waals surface area contributed by atoms with E-state index in [1.807, 2.05) is 23.3 Å². The molecule has 0 amide bonds. The van der Waals surface area contributed by atoms with E-state index in [-0.39, 0.29) is 0 Å². The van der Waals surface area contributed by atoms with Crippen LogP contribution in [0.3, 0.4) is 0 Å². The van der Waals surface area contributed by atoms with E-state index in [1.165, 1.54) is 5.56 Å². The summed E-state index contributed by atoms with van der Waals surface area (Å²) in [5, 5.41) is 9.95. The SMILES string of the molecule is CCCNc1c(CSc2nccs2)c(C)nn1C. The minimum absolute atomic E-state index is 0.916. The molecule has 0 saturated heterocycles. The second kappa shape index (κ2) is 6.24. The Labute approximate surface area is 116 Å². The summed E-state index contributed by atoms with van der Waals surface area (Å²) in [5.74, 6) is 2.05. The average Bonchev–Trinajstić information content (AvgIpc) is 2.93. The molecule has 0 aliphatic heterocycles. The Bertz CT molecular complexity index is 490. The fraction of sp³-hybridized carbons (Fsp3) is 0.500. The Morgan fingerprint density at radius 1 is 1.50 bits per heavy atom. The van der Waals surface area contributed by atoms with Crippen molar-refractivity contribution in [2.75, 3.05) is 11.9 Å². The van der Waals surface area contributed by atoms with Crippen LogP contribution in [0.4, 0.5) is 5.82 Å². The topological polar surface area (TPSA) is 42.7 Å². The van der Waals surface area contributed by atoms with Crippen molar-refractivity contribution in [3.05, 3.63) is 22.8 Å². The molecule has 0 aliphatic rings. The first-order valence-electron chi connectivity index (χ1n) is 6.01. The van der Waals surface area contributed by atoms with Crippen molar-refractivity contribution < 1.29 is 0 Å². The lowest BCUT2D eigenvalue weighted by molar-refractivity contribution is 0.756. The van der Waals surface area contributed by atoms with Gasteiger partial charge in [-0.15, -0.1) is 11.3 Å². The third-order valence-corrected chi connectivity index (χ3v) is 4.63. The molecule has 98 valence electrons. The third kappa shape index (κ3) is 3.05. The quantitative estimate of drug-likeness (QED) is 0.826. The molecule has 2 aromatic heterocycles. The average molecular weight is 282 g/mol. The van der Waals surface area contributed by atoms with Crippen LogP contribution in [0.2, 0.25) is 0 Å². The van der Waals surface area contributed by atoms with Gasteiger partial charge in [-0.3, -0.25) is 4.68 Å². The van der Waals surface area contributed by atoms with E-state index in [0.717, 1.165) is 34.6 Å². The fourth-order valence-electron chi connectivity index (χ4n) is 1.75. The number of thiazole rings is 1. The van der Waals surface area contributed by atoms with Crippen molar-refractivity contribution in [1.29, 1.82) is 0 Å². The van der Waals surface area contributed by atoms with Gasteiger partial charge in [-0.2, -0.15) is 5.10 Å². The van der Waals surface area contributed by atoms with E-state index < -0.39 is 0 Å². The van der Waals surface area contributed by atoms with Gasteiger partial charge in [0.05, 0.1) is 5.69 Å². The highest BCUT2D eigenvalue weighted by molar-refractivity contribution is 8.00. The Hall–Kier alpha value is -1.01. The van der Waals surface area contributed by atoms with Crippen LogP contribution < -0.4 is 5.32 Å². The number of thioether (sulfide) groups is 1. The molecule has 0 saturated carbocycles. The van der Waals surface area contributed by atoms with E-state index in [1.54, 1.807) is 23.1 Å². The summed E-state index contributed by atoms with van der Waals surface area (Å²) in [4.78, 5) is 4.29. The van der Waals surface area contributed by atoms with Gasteiger partial charge < -0.3 is 5.32 Å². The highest BCUT2D eigenvalue weighted by Crippen LogP contribution is 2.29. The monoisotopic (exact) mass is 282 g/mol. The summed E-state index contributed by atoms with van der Waals surface area (Å²) in [5.41, 5.74) is 2.38. The van der Waals surface area contributed by atoms with Crippen LogP contribution in [-0.4, -0.2) is 21.3 Å². The highest BCUT2D eigenvalue weighted by Gasteiger charge is 2.13. The van der Waals surface area contributed by atoms with E-state index >= 15 is 0 Å². The number of nitrogens with zero attached hydrogens (tertiary/aromatic N) is 3. The number of rotatable bonds is 6. The van der Waals surface area contributed by atoms with Crippen LogP contribution in [0, 0.1) is 6.92 Å². The van der Waals surface area contributed by atoms with Gasteiger partial charge in [-0.25, -0.2) is 4.98 Å². The molecule has 0 aromatic carbocycles. The lowest BCUT2D eigenvalue weighted by Crippen LogP contribution is -2.06. The number of aryl methyl sites for hydroxylation is 2. The molecule has 0 aliphatic carbocycles. The number of aromatic nitrogens is 3. The van der Waals surface area contributed by atoms with Crippen LogP contribution >= 0.6 is 23.1 Å². The van der Waals surface area contributed by atoms with Crippen molar-refractivity contribution in [3.8, 4) is 0 Å². The zero-order valence-electron chi connectivity index (χ0n) is 10.9. The molecule has 6 heteroatoms. The fourth-order valence-corrected chi connectivity index (χ4v) is 3.48. The predicted octanol–water partition coefficient (Wildman–Crippen LogP) is 3.30. The maximum Gasteiger partial charge on any atom is 0.150 e. The van der Waals surface area contributed by atoms with Crippen molar-refractivity contribution in [3.63, 3.8) is 0 Å². The molecular formula is C12H18N4S2. The molecule has 1 N–H and O–H groups in total. The maximum absolute atomic E-state index is 4.49. The van der Waals surface area contributed by atoms with Crippen molar-refractivity contribution >= 4 is 28.9 Å². The number of anilines is 1. The molecule has 18 heavy (non-hydrogen) atoms. The van der Waals surface area contributed by atoms with Crippen molar-refractivity contribution in [2.45, 2.75) is 30.4 Å². The smallest absolute Gasteiger partial charge is 0.150 e. The molecule has 2 heterocycles. The second-order valence-electron chi connectivity index (χ2n) is 4.05. The molecule has 0 atom stereocenters. The second-order valence-corrected chi connectivity index (χ2v) is 6.17. The van der Waals surface area contributed by atoms with Crippen LogP contribution in [0.1, 0.15) is 24.6 Å². The predicted molar refractivity (Wildman–Crippen MR) is 78.4 cm³/mol. The number of nitrogens with one attached hydrogen (secondary N) is 1. The van der Waals surface area contributed by atoms with Crippen LogP contribution in [0.5, 0.6) is 0 Å². The van der Waals surface area contributed by atoms with Crippen LogP contribution in [-0.2, 0) is 12.8 Å². The number of hydrogen-bond acceptors (Lipinski definition) is 5. The number of hydrogen-bond donors (Lipinski definition) is 1. The van der Waals surface area contributed by atoms with Gasteiger partial charge in [0, 0.05) is 36.5 Å². The Kier molecular flexibility index (Phi) is 4.66. The Balaban J connectivity index is 2.10.